The SMILES string of the molecule is Cn1cc(C(=O)N[C@H]2CCSc3ccc(Cl)cc32)cn1. The second kappa shape index (κ2) is 5.50. The molecule has 1 atom stereocenters. The quantitative estimate of drug-likeness (QED) is 0.927. The van der Waals surface area contributed by atoms with Crippen molar-refractivity contribution in [2.75, 3.05) is 5.75 Å². The second-order valence-electron chi connectivity index (χ2n) is 4.75. The van der Waals surface area contributed by atoms with Crippen molar-refractivity contribution in [2.45, 2.75) is 17.4 Å². The van der Waals surface area contributed by atoms with Crippen molar-refractivity contribution >= 4 is 29.3 Å². The van der Waals surface area contributed by atoms with Gasteiger partial charge in [0.15, 0.2) is 0 Å². The fourth-order valence-corrected chi connectivity index (χ4v) is 3.58. The van der Waals surface area contributed by atoms with E-state index in [1.807, 2.05) is 18.2 Å². The molecule has 1 aromatic carbocycles. The highest BCUT2D eigenvalue weighted by Crippen LogP contribution is 2.37. The molecule has 1 amide bonds. The molecule has 0 aliphatic carbocycles. The molecular weight excluding hydrogens is 294 g/mol. The molecule has 2 aromatic rings. The van der Waals surface area contributed by atoms with Crippen LogP contribution in [0, 0.1) is 0 Å². The van der Waals surface area contributed by atoms with Gasteiger partial charge in [0.1, 0.15) is 0 Å². The molecule has 4 nitrogen and oxygen atoms in total. The van der Waals surface area contributed by atoms with E-state index >= 15 is 0 Å². The van der Waals surface area contributed by atoms with Crippen LogP contribution in [-0.4, -0.2) is 21.4 Å². The zero-order valence-corrected chi connectivity index (χ0v) is 12.5. The third kappa shape index (κ3) is 2.69. The van der Waals surface area contributed by atoms with Crippen LogP contribution in [-0.2, 0) is 7.05 Å². The lowest BCUT2D eigenvalue weighted by molar-refractivity contribution is 0.0935. The van der Waals surface area contributed by atoms with Crippen LogP contribution in [0.25, 0.3) is 0 Å². The molecule has 20 heavy (non-hydrogen) atoms. The minimum Gasteiger partial charge on any atom is -0.345 e. The van der Waals surface area contributed by atoms with Crippen molar-refractivity contribution in [2.24, 2.45) is 7.05 Å². The molecule has 1 N–H and O–H groups in total. The first-order valence-electron chi connectivity index (χ1n) is 6.35. The van der Waals surface area contributed by atoms with Gasteiger partial charge in [-0.2, -0.15) is 5.10 Å². The molecule has 3 rings (SSSR count). The summed E-state index contributed by atoms with van der Waals surface area (Å²) in [5.41, 5.74) is 1.68. The van der Waals surface area contributed by atoms with Gasteiger partial charge in [0.25, 0.3) is 5.91 Å². The van der Waals surface area contributed by atoms with E-state index in [1.165, 1.54) is 4.90 Å². The Morgan fingerprint density at radius 3 is 3.15 bits per heavy atom. The monoisotopic (exact) mass is 307 g/mol. The standard InChI is InChI=1S/C14H14ClN3OS/c1-18-8-9(7-16-18)14(19)17-12-4-5-20-13-3-2-10(15)6-11(12)13/h2-3,6-8,12H,4-5H2,1H3,(H,17,19)/t12-/m0/s1. The van der Waals surface area contributed by atoms with Gasteiger partial charge >= 0.3 is 0 Å². The highest BCUT2D eigenvalue weighted by atomic mass is 35.5. The molecule has 1 aliphatic heterocycles. The number of hydrogen-bond acceptors (Lipinski definition) is 3. The summed E-state index contributed by atoms with van der Waals surface area (Å²) in [5, 5.41) is 7.79. The number of hydrogen-bond donors (Lipinski definition) is 1. The summed E-state index contributed by atoms with van der Waals surface area (Å²) in [4.78, 5) is 13.4. The summed E-state index contributed by atoms with van der Waals surface area (Å²) in [6, 6.07) is 5.86. The summed E-state index contributed by atoms with van der Waals surface area (Å²) < 4.78 is 1.62. The zero-order chi connectivity index (χ0) is 14.1. The summed E-state index contributed by atoms with van der Waals surface area (Å²) >= 11 is 7.87. The van der Waals surface area contributed by atoms with Gasteiger partial charge < -0.3 is 5.32 Å². The predicted octanol–water partition coefficient (Wildman–Crippen LogP) is 3.04. The largest absolute Gasteiger partial charge is 0.345 e. The maximum absolute atomic E-state index is 12.2. The van der Waals surface area contributed by atoms with Crippen LogP contribution < -0.4 is 5.32 Å². The van der Waals surface area contributed by atoms with Crippen LogP contribution in [0.5, 0.6) is 0 Å². The molecule has 0 saturated heterocycles. The van der Waals surface area contributed by atoms with E-state index in [9.17, 15) is 4.79 Å². The number of thioether (sulfide) groups is 1. The van der Waals surface area contributed by atoms with E-state index in [0.29, 0.717) is 10.6 Å². The lowest BCUT2D eigenvalue weighted by atomic mass is 10.0. The number of nitrogens with zero attached hydrogens (tertiary/aromatic N) is 2. The number of carbonyl (C=O) groups excluding carboxylic acids is 1. The third-order valence-electron chi connectivity index (χ3n) is 3.28. The Bertz CT molecular complexity index is 656. The number of carbonyl (C=O) groups is 1. The van der Waals surface area contributed by atoms with Gasteiger partial charge in [-0.3, -0.25) is 9.48 Å². The van der Waals surface area contributed by atoms with Gasteiger partial charge in [0, 0.05) is 28.9 Å². The molecule has 0 fully saturated rings. The van der Waals surface area contributed by atoms with E-state index in [-0.39, 0.29) is 11.9 Å². The van der Waals surface area contributed by atoms with Crippen molar-refractivity contribution in [3.05, 3.63) is 46.7 Å². The molecule has 0 unspecified atom stereocenters. The van der Waals surface area contributed by atoms with Crippen LogP contribution in [0.4, 0.5) is 0 Å². The van der Waals surface area contributed by atoms with Gasteiger partial charge in [0.2, 0.25) is 0 Å². The number of fused-ring (bicyclic) bond motifs is 1. The van der Waals surface area contributed by atoms with E-state index in [4.69, 9.17) is 11.6 Å². The maximum Gasteiger partial charge on any atom is 0.254 e. The van der Waals surface area contributed by atoms with Gasteiger partial charge in [-0.1, -0.05) is 11.6 Å². The fourth-order valence-electron chi connectivity index (χ4n) is 2.30. The topological polar surface area (TPSA) is 46.9 Å². The normalized spacial score (nSPS) is 17.6. The molecule has 2 heterocycles. The number of aromatic nitrogens is 2. The lowest BCUT2D eigenvalue weighted by Gasteiger charge is -2.26. The molecule has 0 saturated carbocycles. The molecule has 1 aromatic heterocycles. The van der Waals surface area contributed by atoms with Gasteiger partial charge in [0.05, 0.1) is 17.8 Å². The van der Waals surface area contributed by atoms with E-state index in [0.717, 1.165) is 17.7 Å². The molecule has 0 spiro atoms. The van der Waals surface area contributed by atoms with Crippen LogP contribution >= 0.6 is 23.4 Å². The Balaban J connectivity index is 1.82. The Morgan fingerprint density at radius 1 is 1.55 bits per heavy atom. The Hall–Kier alpha value is -1.46. The molecule has 0 radical (unpaired) electrons. The van der Waals surface area contributed by atoms with Crippen molar-refractivity contribution in [1.29, 1.82) is 0 Å². The van der Waals surface area contributed by atoms with Crippen molar-refractivity contribution in [3.63, 3.8) is 0 Å². The summed E-state index contributed by atoms with van der Waals surface area (Å²) in [6.45, 7) is 0. The Labute approximate surface area is 126 Å². The predicted molar refractivity (Wildman–Crippen MR) is 80.2 cm³/mol. The number of halogens is 1. The van der Waals surface area contributed by atoms with Crippen LogP contribution in [0.2, 0.25) is 5.02 Å². The van der Waals surface area contributed by atoms with Gasteiger partial charge in [-0.15, -0.1) is 11.8 Å². The summed E-state index contributed by atoms with van der Waals surface area (Å²) in [6.07, 6.45) is 4.20. The number of amides is 1. The molecule has 6 heteroatoms. The maximum atomic E-state index is 12.2. The first kappa shape index (κ1) is 13.5. The minimum atomic E-state index is -0.0964. The molecule has 104 valence electrons. The Kier molecular flexibility index (Phi) is 3.72. The minimum absolute atomic E-state index is 0.0117. The molecular formula is C14H14ClN3OS. The average molecular weight is 308 g/mol. The van der Waals surface area contributed by atoms with Crippen molar-refractivity contribution in [1.82, 2.24) is 15.1 Å². The highest BCUT2D eigenvalue weighted by Gasteiger charge is 2.23. The van der Waals surface area contributed by atoms with Crippen LogP contribution in [0.1, 0.15) is 28.4 Å². The summed E-state index contributed by atoms with van der Waals surface area (Å²) in [5.74, 6) is 0.896. The first-order chi connectivity index (χ1) is 9.63. The average Bonchev–Trinajstić information content (AvgIpc) is 2.86. The first-order valence-corrected chi connectivity index (χ1v) is 7.71. The second-order valence-corrected chi connectivity index (χ2v) is 6.32. The number of rotatable bonds is 2. The Morgan fingerprint density at radius 2 is 2.40 bits per heavy atom. The van der Waals surface area contributed by atoms with Crippen molar-refractivity contribution < 1.29 is 4.79 Å². The number of aryl methyl sites for hydroxylation is 1. The zero-order valence-electron chi connectivity index (χ0n) is 11.0. The van der Waals surface area contributed by atoms with Crippen LogP contribution in [0.3, 0.4) is 0 Å². The fraction of sp³-hybridized carbons (Fsp3) is 0.286. The van der Waals surface area contributed by atoms with E-state index < -0.39 is 0 Å². The van der Waals surface area contributed by atoms with Crippen LogP contribution in [0.15, 0.2) is 35.5 Å². The van der Waals surface area contributed by atoms with Crippen molar-refractivity contribution in [3.8, 4) is 0 Å². The number of benzene rings is 1. The lowest BCUT2D eigenvalue weighted by Crippen LogP contribution is -2.30. The molecule has 0 bridgehead atoms. The smallest absolute Gasteiger partial charge is 0.254 e. The summed E-state index contributed by atoms with van der Waals surface area (Å²) in [7, 11) is 1.79. The third-order valence-corrected chi connectivity index (χ3v) is 4.64. The van der Waals surface area contributed by atoms with Gasteiger partial charge in [-0.25, -0.2) is 0 Å². The van der Waals surface area contributed by atoms with Gasteiger partial charge in [-0.05, 0) is 30.2 Å². The van der Waals surface area contributed by atoms with E-state index in [2.05, 4.69) is 10.4 Å². The van der Waals surface area contributed by atoms with E-state index in [1.54, 1.807) is 35.9 Å². The number of nitrogens with one attached hydrogen (secondary N) is 1. The molecule has 1 aliphatic rings. The highest BCUT2D eigenvalue weighted by molar-refractivity contribution is 7.99.